The van der Waals surface area contributed by atoms with Gasteiger partial charge in [0.25, 0.3) is 0 Å². The first-order chi connectivity index (χ1) is 10.7. The van der Waals surface area contributed by atoms with Gasteiger partial charge >= 0.3 is 0 Å². The Labute approximate surface area is 152 Å². The molecule has 1 aromatic carbocycles. The highest BCUT2D eigenvalue weighted by Gasteiger charge is 2.48. The number of hydrogen-bond acceptors (Lipinski definition) is 4. The van der Waals surface area contributed by atoms with E-state index in [1.54, 1.807) is 6.92 Å². The molecule has 0 bridgehead atoms. The van der Waals surface area contributed by atoms with Crippen LogP contribution in [0.25, 0.3) is 0 Å². The van der Waals surface area contributed by atoms with Crippen LogP contribution in [0.15, 0.2) is 18.2 Å². The van der Waals surface area contributed by atoms with Crippen LogP contribution in [0.2, 0.25) is 5.02 Å². The summed E-state index contributed by atoms with van der Waals surface area (Å²) in [6.45, 7) is 2.62. The second-order valence-electron chi connectivity index (χ2n) is 5.88. The zero-order valence-corrected chi connectivity index (χ0v) is 15.8. The molecule has 1 atom stereocenters. The van der Waals surface area contributed by atoms with Crippen molar-refractivity contribution in [1.29, 1.82) is 0 Å². The summed E-state index contributed by atoms with van der Waals surface area (Å²) in [5.41, 5.74) is 0.541. The van der Waals surface area contributed by atoms with E-state index in [1.807, 2.05) is 0 Å². The molecule has 0 spiro atoms. The third-order valence-corrected chi connectivity index (χ3v) is 6.65. The number of piperidine rings is 1. The van der Waals surface area contributed by atoms with Crippen LogP contribution in [0.4, 0.5) is 4.39 Å². The third-order valence-electron chi connectivity index (χ3n) is 4.31. The molecule has 1 aliphatic heterocycles. The van der Waals surface area contributed by atoms with E-state index >= 15 is 0 Å². The van der Waals surface area contributed by atoms with E-state index in [-0.39, 0.29) is 30.3 Å². The summed E-state index contributed by atoms with van der Waals surface area (Å²) in [7, 11) is -3.58. The largest absolute Gasteiger partial charge is 0.348 e. The molecular formula is C15H21Cl2FN2O3S. The average Bonchev–Trinajstić information content (AvgIpc) is 2.46. The van der Waals surface area contributed by atoms with Crippen LogP contribution in [0.1, 0.15) is 31.4 Å². The number of halogens is 3. The topological polar surface area (TPSA) is 75.3 Å². The van der Waals surface area contributed by atoms with Gasteiger partial charge in [-0.15, -0.1) is 12.4 Å². The fourth-order valence-corrected chi connectivity index (χ4v) is 4.53. The molecule has 5 nitrogen and oxygen atoms in total. The van der Waals surface area contributed by atoms with Crippen LogP contribution in [0, 0.1) is 5.82 Å². The average molecular weight is 399 g/mol. The number of amides is 1. The molecule has 1 saturated heterocycles. The molecule has 1 aromatic rings. The smallest absolute Gasteiger partial charge is 0.242 e. The predicted molar refractivity (Wildman–Crippen MR) is 94.9 cm³/mol. The van der Waals surface area contributed by atoms with Crippen LogP contribution < -0.4 is 10.6 Å². The van der Waals surface area contributed by atoms with E-state index in [1.165, 1.54) is 12.1 Å². The first-order valence-corrected chi connectivity index (χ1v) is 9.60. The Hall–Kier alpha value is -0.890. The quantitative estimate of drug-likeness (QED) is 0.815. The van der Waals surface area contributed by atoms with E-state index in [9.17, 15) is 17.6 Å². The maximum absolute atomic E-state index is 13.1. The summed E-state index contributed by atoms with van der Waals surface area (Å²) in [6, 6.07) is 3.37. The molecule has 24 heavy (non-hydrogen) atoms. The molecule has 2 N–H and O–H groups in total. The van der Waals surface area contributed by atoms with Gasteiger partial charge in [-0.25, -0.2) is 12.8 Å². The summed E-state index contributed by atoms with van der Waals surface area (Å²) in [6.07, 6.45) is 1.54. The van der Waals surface area contributed by atoms with Crippen LogP contribution in [0.3, 0.4) is 0 Å². The van der Waals surface area contributed by atoms with E-state index in [2.05, 4.69) is 10.6 Å². The van der Waals surface area contributed by atoms with Crippen molar-refractivity contribution < 1.29 is 17.6 Å². The highest BCUT2D eigenvalue weighted by molar-refractivity contribution is 7.92. The van der Waals surface area contributed by atoms with Crippen molar-refractivity contribution in [2.75, 3.05) is 19.3 Å². The minimum atomic E-state index is -3.58. The van der Waals surface area contributed by atoms with Gasteiger partial charge in [0, 0.05) is 11.3 Å². The molecule has 0 radical (unpaired) electrons. The lowest BCUT2D eigenvalue weighted by molar-refractivity contribution is -0.125. The van der Waals surface area contributed by atoms with Crippen molar-refractivity contribution in [3.8, 4) is 0 Å². The number of nitrogens with one attached hydrogen (secondary N) is 2. The lowest BCUT2D eigenvalue weighted by Gasteiger charge is -2.35. The van der Waals surface area contributed by atoms with Crippen molar-refractivity contribution in [2.45, 2.75) is 30.6 Å². The molecule has 0 saturated carbocycles. The lowest BCUT2D eigenvalue weighted by atomic mass is 9.95. The summed E-state index contributed by atoms with van der Waals surface area (Å²) in [5.74, 6) is -1.00. The van der Waals surface area contributed by atoms with Crippen molar-refractivity contribution in [3.63, 3.8) is 0 Å². The van der Waals surface area contributed by atoms with Gasteiger partial charge in [0.05, 0.1) is 6.04 Å². The van der Waals surface area contributed by atoms with E-state index in [4.69, 9.17) is 11.6 Å². The second kappa shape index (κ2) is 7.99. The van der Waals surface area contributed by atoms with Gasteiger partial charge in [-0.1, -0.05) is 17.7 Å². The predicted octanol–water partition coefficient (Wildman–Crippen LogP) is 2.24. The van der Waals surface area contributed by atoms with Crippen molar-refractivity contribution >= 4 is 39.8 Å². The van der Waals surface area contributed by atoms with Gasteiger partial charge in [0.1, 0.15) is 5.82 Å². The van der Waals surface area contributed by atoms with Gasteiger partial charge in [-0.3, -0.25) is 4.79 Å². The Bertz CT molecular complexity index is 707. The molecule has 1 heterocycles. The van der Waals surface area contributed by atoms with Crippen molar-refractivity contribution in [1.82, 2.24) is 10.6 Å². The Morgan fingerprint density at radius 3 is 2.46 bits per heavy atom. The van der Waals surface area contributed by atoms with Crippen LogP contribution in [-0.2, 0) is 14.6 Å². The molecule has 9 heteroatoms. The lowest BCUT2D eigenvalue weighted by Crippen LogP contribution is -2.57. The molecule has 2 rings (SSSR count). The van der Waals surface area contributed by atoms with Crippen LogP contribution in [-0.4, -0.2) is 38.4 Å². The highest BCUT2D eigenvalue weighted by atomic mass is 35.5. The van der Waals surface area contributed by atoms with Gasteiger partial charge in [-0.05, 0) is 50.6 Å². The minimum absolute atomic E-state index is 0. The molecule has 1 unspecified atom stereocenters. The molecular weight excluding hydrogens is 378 g/mol. The monoisotopic (exact) mass is 398 g/mol. The second-order valence-corrected chi connectivity index (χ2v) is 8.61. The number of carbonyl (C=O) groups is 1. The van der Waals surface area contributed by atoms with E-state index < -0.39 is 32.4 Å². The number of carbonyl (C=O) groups excluding carboxylic acids is 1. The van der Waals surface area contributed by atoms with Crippen LogP contribution in [0.5, 0.6) is 0 Å². The number of sulfone groups is 1. The summed E-state index contributed by atoms with van der Waals surface area (Å²) in [4.78, 5) is 12.7. The maximum Gasteiger partial charge on any atom is 0.242 e. The summed E-state index contributed by atoms with van der Waals surface area (Å²) < 4.78 is 36.1. The van der Waals surface area contributed by atoms with Crippen molar-refractivity contribution in [3.05, 3.63) is 34.6 Å². The van der Waals surface area contributed by atoms with Gasteiger partial charge in [0.2, 0.25) is 5.91 Å². The summed E-state index contributed by atoms with van der Waals surface area (Å²) >= 11 is 6.00. The highest BCUT2D eigenvalue weighted by Crippen LogP contribution is 2.30. The Morgan fingerprint density at radius 2 is 1.96 bits per heavy atom. The SMILES string of the molecule is CC(NC(=O)C1(S(C)(=O)=O)CCNCC1)c1ccc(F)cc1Cl.Cl. The number of hydrogen-bond donors (Lipinski definition) is 2. The zero-order chi connectivity index (χ0) is 17.3. The van der Waals surface area contributed by atoms with Gasteiger partial charge in [0.15, 0.2) is 14.6 Å². The standard InChI is InChI=1S/C15H20ClFN2O3S.ClH/c1-10(12-4-3-11(17)9-13(12)16)19-14(20)15(23(2,21)22)5-7-18-8-6-15;/h3-4,9-10,18H,5-8H2,1-2H3,(H,19,20);1H. The zero-order valence-electron chi connectivity index (χ0n) is 13.4. The minimum Gasteiger partial charge on any atom is -0.348 e. The van der Waals surface area contributed by atoms with Crippen LogP contribution >= 0.6 is 24.0 Å². The van der Waals surface area contributed by atoms with E-state index in [0.717, 1.165) is 12.3 Å². The normalized spacial score (nSPS) is 18.3. The third kappa shape index (κ3) is 4.20. The Kier molecular flexibility index (Phi) is 7.04. The van der Waals surface area contributed by atoms with E-state index in [0.29, 0.717) is 18.7 Å². The maximum atomic E-state index is 13.1. The Balaban J connectivity index is 0.00000288. The van der Waals surface area contributed by atoms with Gasteiger partial charge in [-0.2, -0.15) is 0 Å². The fraction of sp³-hybridized carbons (Fsp3) is 0.533. The molecule has 1 fully saturated rings. The molecule has 0 aliphatic carbocycles. The van der Waals surface area contributed by atoms with Crippen molar-refractivity contribution in [2.24, 2.45) is 0 Å². The molecule has 136 valence electrons. The fourth-order valence-electron chi connectivity index (χ4n) is 2.86. The molecule has 0 aromatic heterocycles. The Morgan fingerprint density at radius 1 is 1.38 bits per heavy atom. The first kappa shape index (κ1) is 21.2. The number of benzene rings is 1. The number of rotatable bonds is 4. The molecule has 1 aliphatic rings. The van der Waals surface area contributed by atoms with Gasteiger partial charge < -0.3 is 10.6 Å². The molecule has 1 amide bonds. The first-order valence-electron chi connectivity index (χ1n) is 7.33. The summed E-state index contributed by atoms with van der Waals surface area (Å²) in [5, 5.41) is 5.97.